The fraction of sp³-hybridized carbons (Fsp3) is 0.267. The van der Waals surface area contributed by atoms with Crippen molar-refractivity contribution in [1.82, 2.24) is 9.97 Å². The molecule has 0 bridgehead atoms. The van der Waals surface area contributed by atoms with Crippen molar-refractivity contribution in [2.45, 2.75) is 47.2 Å². The molecule has 3 nitrogen and oxygen atoms in total. The van der Waals surface area contributed by atoms with E-state index in [1.165, 1.54) is 36.4 Å². The predicted octanol–water partition coefficient (Wildman–Crippen LogP) is 7.84. The van der Waals surface area contributed by atoms with Crippen LogP contribution in [-0.2, 0) is 12.7 Å². The van der Waals surface area contributed by atoms with Crippen molar-refractivity contribution >= 4 is 22.1 Å². The summed E-state index contributed by atoms with van der Waals surface area (Å²) in [6.07, 6.45) is -2.82. The number of rotatable bonds is 4. The zero-order valence-corrected chi connectivity index (χ0v) is 18.7. The van der Waals surface area contributed by atoms with Gasteiger partial charge in [0.05, 0.1) is 5.69 Å². The molecule has 0 aliphatic rings. The second-order valence-electron chi connectivity index (χ2n) is 9.03. The van der Waals surface area contributed by atoms with Crippen LogP contribution in [0.3, 0.4) is 0 Å². The van der Waals surface area contributed by atoms with Gasteiger partial charge in [-0.25, -0.2) is 4.98 Å². The maximum Gasteiger partial charge on any atom is 0.227 e. The molecule has 5 rings (SSSR count). The Morgan fingerprint density at radius 2 is 1.76 bits per heavy atom. The number of hydrogen-bond donors (Lipinski definition) is 0. The fourth-order valence-corrected chi connectivity index (χ4v) is 3.81. The highest BCUT2D eigenvalue weighted by molar-refractivity contribution is 6.08. The maximum absolute atomic E-state index is 9.08. The number of pyridine rings is 2. The summed E-state index contributed by atoms with van der Waals surface area (Å²) in [5.41, 5.74) is 0.549. The molecule has 2 aromatic carbocycles. The van der Waals surface area contributed by atoms with E-state index in [0.29, 0.717) is 27.5 Å². The quantitative estimate of drug-likeness (QED) is 0.283. The van der Waals surface area contributed by atoms with Gasteiger partial charge in [0, 0.05) is 41.9 Å². The number of aryl methyl sites for hydroxylation is 2. The molecule has 0 unspecified atom stereocenters. The van der Waals surface area contributed by atoms with Crippen LogP contribution in [0, 0.1) is 19.1 Å². The molecular formula is C30H30N2O. The first kappa shape index (κ1) is 12.7. The first-order valence-electron chi connectivity index (χ1n) is 15.7. The Labute approximate surface area is 209 Å². The van der Waals surface area contributed by atoms with E-state index in [2.05, 4.69) is 9.97 Å². The third-order valence-corrected chi connectivity index (χ3v) is 5.23. The van der Waals surface area contributed by atoms with Crippen LogP contribution in [0.1, 0.15) is 62.4 Å². The number of furan rings is 1. The lowest BCUT2D eigenvalue weighted by molar-refractivity contribution is 0.411. The van der Waals surface area contributed by atoms with Crippen molar-refractivity contribution in [3.8, 4) is 11.3 Å². The average Bonchev–Trinajstić information content (AvgIpc) is 3.29. The average molecular weight is 445 g/mol. The van der Waals surface area contributed by atoms with Crippen molar-refractivity contribution in [3.63, 3.8) is 0 Å². The minimum absolute atomic E-state index is 0.111. The number of nitrogens with zero attached hydrogens (tertiary/aromatic N) is 2. The van der Waals surface area contributed by atoms with Gasteiger partial charge < -0.3 is 4.42 Å². The van der Waals surface area contributed by atoms with E-state index >= 15 is 0 Å². The van der Waals surface area contributed by atoms with Crippen molar-refractivity contribution in [2.75, 3.05) is 0 Å². The molecule has 0 radical (unpaired) electrons. The highest BCUT2D eigenvalue weighted by Crippen LogP contribution is 2.35. The van der Waals surface area contributed by atoms with Gasteiger partial charge in [0.1, 0.15) is 5.58 Å². The Morgan fingerprint density at radius 1 is 0.939 bits per heavy atom. The molecule has 0 spiro atoms. The van der Waals surface area contributed by atoms with Gasteiger partial charge in [-0.3, -0.25) is 4.98 Å². The van der Waals surface area contributed by atoms with Crippen molar-refractivity contribution in [1.29, 1.82) is 0 Å². The molecule has 0 saturated heterocycles. The molecule has 0 N–H and O–H groups in total. The van der Waals surface area contributed by atoms with Crippen LogP contribution in [0.5, 0.6) is 0 Å². The highest BCUT2D eigenvalue weighted by atomic mass is 16.3. The van der Waals surface area contributed by atoms with Crippen LogP contribution >= 0.6 is 0 Å². The van der Waals surface area contributed by atoms with E-state index in [1.807, 2.05) is 0 Å². The summed E-state index contributed by atoms with van der Waals surface area (Å²) in [7, 11) is 0. The van der Waals surface area contributed by atoms with Crippen LogP contribution in [0.2, 0.25) is 0 Å². The second-order valence-corrected chi connectivity index (χ2v) is 9.03. The second kappa shape index (κ2) is 8.15. The van der Waals surface area contributed by atoms with Gasteiger partial charge in [-0.05, 0) is 78.4 Å². The number of benzene rings is 2. The molecule has 0 fully saturated rings. The minimum atomic E-state index is -2.67. The molecule has 0 saturated carbocycles. The Bertz CT molecular complexity index is 1830. The summed E-state index contributed by atoms with van der Waals surface area (Å²) in [6.45, 7) is 0.264. The monoisotopic (exact) mass is 444 g/mol. The Hall–Kier alpha value is -3.46. The van der Waals surface area contributed by atoms with Crippen LogP contribution in [0.4, 0.5) is 0 Å². The molecule has 166 valence electrons. The largest absolute Gasteiger partial charge is 0.437 e. The lowest BCUT2D eigenvalue weighted by Gasteiger charge is -2.18. The molecular weight excluding hydrogens is 404 g/mol. The summed E-state index contributed by atoms with van der Waals surface area (Å²) in [6, 6.07) is 15.7. The van der Waals surface area contributed by atoms with Gasteiger partial charge in [-0.1, -0.05) is 57.2 Å². The molecule has 3 aromatic heterocycles. The molecule has 3 heteroatoms. The molecule has 33 heavy (non-hydrogen) atoms. The van der Waals surface area contributed by atoms with E-state index < -0.39 is 31.9 Å². The van der Waals surface area contributed by atoms with E-state index in [4.69, 9.17) is 18.1 Å². The summed E-state index contributed by atoms with van der Waals surface area (Å²) in [5.74, 6) is 0. The van der Waals surface area contributed by atoms with Crippen molar-refractivity contribution in [2.24, 2.45) is 5.41 Å². The van der Waals surface area contributed by atoms with E-state index in [0.717, 1.165) is 6.20 Å². The van der Waals surface area contributed by atoms with Crippen molar-refractivity contribution in [3.05, 3.63) is 94.8 Å². The van der Waals surface area contributed by atoms with Gasteiger partial charge in [-0.15, -0.1) is 0 Å². The lowest BCUT2D eigenvalue weighted by Crippen LogP contribution is -2.09. The molecule has 5 aromatic rings. The standard InChI is InChI=1S/C30H30N2O/c1-19-18-31-27(16-23(19)15-21-10-12-22(13-11-21)17-30(3,4)5)26-8-6-7-24-25-14-9-20(2)32-29(25)33-28(24)26/h6-14,16,18H,15,17H2,1-5H3/i1D3,2D3,15D2,17D2. The first-order valence-corrected chi connectivity index (χ1v) is 10.7. The van der Waals surface area contributed by atoms with E-state index in [1.54, 1.807) is 45.0 Å². The van der Waals surface area contributed by atoms with Crippen LogP contribution in [-0.4, -0.2) is 9.97 Å². The molecule has 3 heterocycles. The number of hydrogen-bond acceptors (Lipinski definition) is 3. The van der Waals surface area contributed by atoms with Crippen LogP contribution in [0.15, 0.2) is 71.3 Å². The maximum atomic E-state index is 9.08. The Balaban J connectivity index is 1.66. The van der Waals surface area contributed by atoms with Gasteiger partial charge in [-0.2, -0.15) is 0 Å². The predicted molar refractivity (Wildman–Crippen MR) is 137 cm³/mol. The third-order valence-electron chi connectivity index (χ3n) is 5.23. The Morgan fingerprint density at radius 3 is 2.52 bits per heavy atom. The van der Waals surface area contributed by atoms with Gasteiger partial charge in [0.25, 0.3) is 0 Å². The topological polar surface area (TPSA) is 38.9 Å². The summed E-state index contributed by atoms with van der Waals surface area (Å²) in [4.78, 5) is 8.58. The van der Waals surface area contributed by atoms with Crippen LogP contribution in [0.25, 0.3) is 33.3 Å². The number of aromatic nitrogens is 2. The lowest BCUT2D eigenvalue weighted by atomic mass is 9.87. The third kappa shape index (κ3) is 4.41. The minimum Gasteiger partial charge on any atom is -0.437 e. The van der Waals surface area contributed by atoms with Crippen LogP contribution < -0.4 is 0 Å². The SMILES string of the molecule is [2H]C([2H])([2H])c1ccc2c(n1)oc1c(-c3cc(C([2H])([2H])c4ccc(C([2H])([2H])C(C)(C)C)cc4)c(C([2H])([2H])[2H])cn3)cccc12. The van der Waals surface area contributed by atoms with Gasteiger partial charge >= 0.3 is 0 Å². The smallest absolute Gasteiger partial charge is 0.227 e. The summed E-state index contributed by atoms with van der Waals surface area (Å²) in [5, 5.41) is 1.24. The normalized spacial score (nSPS) is 18.2. The Kier molecular flexibility index (Phi) is 3.13. The molecule has 0 amide bonds. The zero-order valence-electron chi connectivity index (χ0n) is 28.7. The first-order chi connectivity index (χ1) is 19.7. The molecule has 0 aliphatic heterocycles. The van der Waals surface area contributed by atoms with Gasteiger partial charge in [0.2, 0.25) is 5.71 Å². The fourth-order valence-electron chi connectivity index (χ4n) is 3.81. The van der Waals surface area contributed by atoms with E-state index in [9.17, 15) is 0 Å². The number of fused-ring (bicyclic) bond motifs is 3. The summed E-state index contributed by atoms with van der Waals surface area (Å²) < 4.78 is 88.6. The van der Waals surface area contributed by atoms with E-state index in [-0.39, 0.29) is 33.8 Å². The number of para-hydroxylation sites is 1. The van der Waals surface area contributed by atoms with Crippen molar-refractivity contribution < 1.29 is 18.1 Å². The molecule has 0 atom stereocenters. The highest BCUT2D eigenvalue weighted by Gasteiger charge is 2.15. The zero-order chi connectivity index (χ0) is 31.8. The molecule has 0 aliphatic carbocycles. The summed E-state index contributed by atoms with van der Waals surface area (Å²) >= 11 is 0. The van der Waals surface area contributed by atoms with Gasteiger partial charge in [0.15, 0.2) is 0 Å².